The third kappa shape index (κ3) is 2.03. The molecule has 0 saturated heterocycles. The number of fused-ring (bicyclic) bond motifs is 1. The van der Waals surface area contributed by atoms with Gasteiger partial charge in [-0.05, 0) is 37.5 Å². The van der Waals surface area contributed by atoms with Gasteiger partial charge in [0.25, 0.3) is 0 Å². The van der Waals surface area contributed by atoms with E-state index in [2.05, 4.69) is 5.32 Å². The molecule has 2 aliphatic rings. The molecule has 2 nitrogen and oxygen atoms in total. The summed E-state index contributed by atoms with van der Waals surface area (Å²) >= 11 is 0. The lowest BCUT2D eigenvalue weighted by Gasteiger charge is -2.39. The Morgan fingerprint density at radius 2 is 1.95 bits per heavy atom. The van der Waals surface area contributed by atoms with Gasteiger partial charge in [-0.2, -0.15) is 13.2 Å². The van der Waals surface area contributed by atoms with E-state index >= 15 is 0 Å². The van der Waals surface area contributed by atoms with E-state index in [1.165, 1.54) is 0 Å². The maximum Gasteiger partial charge on any atom is 0.418 e. The number of aryl methyl sites for hydroxylation is 1. The molecule has 1 aliphatic heterocycles. The van der Waals surface area contributed by atoms with Crippen molar-refractivity contribution in [1.29, 1.82) is 0 Å². The van der Waals surface area contributed by atoms with E-state index in [4.69, 9.17) is 0 Å². The molecular formula is C13H14F4N2. The number of nitrogens with zero attached hydrogens (tertiary/aromatic N) is 1. The predicted molar refractivity (Wildman–Crippen MR) is 65.1 cm³/mol. The maximum absolute atomic E-state index is 13.1. The summed E-state index contributed by atoms with van der Waals surface area (Å²) in [7, 11) is 0. The molecule has 0 aromatic heterocycles. The number of hydrogen-bond donors (Lipinski definition) is 1. The van der Waals surface area contributed by atoms with Gasteiger partial charge in [-0.15, -0.1) is 0 Å². The zero-order chi connectivity index (χ0) is 13.8. The lowest BCUT2D eigenvalue weighted by atomic mass is 9.89. The second-order valence-corrected chi connectivity index (χ2v) is 5.23. The SMILES string of the molecule is Cc1cc2c(c(C(F)(F)F)c1)N(C1CC(F)C1)CN2. The second-order valence-electron chi connectivity index (χ2n) is 5.23. The van der Waals surface area contributed by atoms with Gasteiger partial charge in [0, 0.05) is 6.04 Å². The van der Waals surface area contributed by atoms with Crippen molar-refractivity contribution in [3.05, 3.63) is 23.3 Å². The second kappa shape index (κ2) is 4.02. The highest BCUT2D eigenvalue weighted by atomic mass is 19.4. The summed E-state index contributed by atoms with van der Waals surface area (Å²) in [6.45, 7) is 1.96. The first-order valence-corrected chi connectivity index (χ1v) is 6.22. The molecule has 0 amide bonds. The van der Waals surface area contributed by atoms with E-state index in [1.807, 2.05) is 0 Å². The van der Waals surface area contributed by atoms with Crippen molar-refractivity contribution in [2.75, 3.05) is 16.9 Å². The molecule has 3 rings (SSSR count). The Kier molecular flexibility index (Phi) is 2.66. The summed E-state index contributed by atoms with van der Waals surface area (Å²) in [5.74, 6) is 0. The number of halogens is 4. The molecule has 104 valence electrons. The third-order valence-electron chi connectivity index (χ3n) is 3.78. The minimum atomic E-state index is -4.39. The van der Waals surface area contributed by atoms with Crippen molar-refractivity contribution in [1.82, 2.24) is 0 Å². The smallest absolute Gasteiger partial charge is 0.366 e. The highest BCUT2D eigenvalue weighted by molar-refractivity contribution is 5.80. The first kappa shape index (κ1) is 12.6. The number of rotatable bonds is 1. The summed E-state index contributed by atoms with van der Waals surface area (Å²) in [6.07, 6.45) is -4.65. The van der Waals surface area contributed by atoms with Crippen LogP contribution in [0.25, 0.3) is 0 Å². The van der Waals surface area contributed by atoms with E-state index in [0.29, 0.717) is 30.8 Å². The molecule has 1 saturated carbocycles. The fourth-order valence-electron chi connectivity index (χ4n) is 2.78. The first-order chi connectivity index (χ1) is 8.86. The van der Waals surface area contributed by atoms with E-state index in [0.717, 1.165) is 6.07 Å². The molecule has 0 unspecified atom stereocenters. The summed E-state index contributed by atoms with van der Waals surface area (Å²) < 4.78 is 52.3. The van der Waals surface area contributed by atoms with Crippen LogP contribution in [-0.4, -0.2) is 18.9 Å². The van der Waals surface area contributed by atoms with Crippen LogP contribution >= 0.6 is 0 Å². The van der Waals surface area contributed by atoms with Crippen molar-refractivity contribution in [3.8, 4) is 0 Å². The van der Waals surface area contributed by atoms with E-state index in [9.17, 15) is 17.6 Å². The fourth-order valence-corrected chi connectivity index (χ4v) is 2.78. The highest BCUT2D eigenvalue weighted by Gasteiger charge is 2.43. The molecule has 1 N–H and O–H groups in total. The van der Waals surface area contributed by atoms with Crippen LogP contribution in [0.15, 0.2) is 12.1 Å². The van der Waals surface area contributed by atoms with Gasteiger partial charge in [0.05, 0.1) is 23.6 Å². The van der Waals surface area contributed by atoms with Crippen LogP contribution in [0.1, 0.15) is 24.0 Å². The van der Waals surface area contributed by atoms with Crippen LogP contribution in [-0.2, 0) is 6.18 Å². The fraction of sp³-hybridized carbons (Fsp3) is 0.538. The van der Waals surface area contributed by atoms with Gasteiger partial charge >= 0.3 is 6.18 Å². The summed E-state index contributed by atoms with van der Waals surface area (Å²) in [6, 6.07) is 2.73. The van der Waals surface area contributed by atoms with Gasteiger partial charge < -0.3 is 10.2 Å². The molecule has 0 spiro atoms. The van der Waals surface area contributed by atoms with Crippen LogP contribution in [0, 0.1) is 6.92 Å². The molecule has 0 atom stereocenters. The molecule has 0 bridgehead atoms. The average Bonchev–Trinajstić information content (AvgIpc) is 2.65. The first-order valence-electron chi connectivity index (χ1n) is 6.22. The number of alkyl halides is 4. The molecular weight excluding hydrogens is 260 g/mol. The molecule has 1 aromatic carbocycles. The highest BCUT2D eigenvalue weighted by Crippen LogP contribution is 2.47. The normalized spacial score (nSPS) is 25.8. The van der Waals surface area contributed by atoms with E-state index < -0.39 is 17.9 Å². The Labute approximate surface area is 108 Å². The predicted octanol–water partition coefficient (Wildman–Crippen LogP) is 3.70. The lowest BCUT2D eigenvalue weighted by Crippen LogP contribution is -2.46. The largest absolute Gasteiger partial charge is 0.418 e. The zero-order valence-corrected chi connectivity index (χ0v) is 10.4. The van der Waals surface area contributed by atoms with E-state index in [1.54, 1.807) is 17.9 Å². The Bertz CT molecular complexity index is 506. The van der Waals surface area contributed by atoms with Crippen molar-refractivity contribution in [3.63, 3.8) is 0 Å². The van der Waals surface area contributed by atoms with Crippen molar-refractivity contribution in [2.24, 2.45) is 0 Å². The Hall–Kier alpha value is -1.46. The van der Waals surface area contributed by atoms with Crippen molar-refractivity contribution >= 4 is 11.4 Å². The van der Waals surface area contributed by atoms with Crippen molar-refractivity contribution < 1.29 is 17.6 Å². The molecule has 19 heavy (non-hydrogen) atoms. The van der Waals surface area contributed by atoms with Gasteiger partial charge in [-0.1, -0.05) is 0 Å². The number of hydrogen-bond acceptors (Lipinski definition) is 2. The van der Waals surface area contributed by atoms with Gasteiger partial charge in [0.1, 0.15) is 6.17 Å². The molecule has 6 heteroatoms. The van der Waals surface area contributed by atoms with Crippen LogP contribution in [0.2, 0.25) is 0 Å². The van der Waals surface area contributed by atoms with Gasteiger partial charge in [0.2, 0.25) is 0 Å². The Morgan fingerprint density at radius 1 is 1.26 bits per heavy atom. The Balaban J connectivity index is 2.03. The zero-order valence-electron chi connectivity index (χ0n) is 10.4. The summed E-state index contributed by atoms with van der Waals surface area (Å²) in [5, 5.41) is 2.97. The maximum atomic E-state index is 13.1. The van der Waals surface area contributed by atoms with Crippen LogP contribution in [0.3, 0.4) is 0 Å². The third-order valence-corrected chi connectivity index (χ3v) is 3.78. The van der Waals surface area contributed by atoms with Gasteiger partial charge in [-0.3, -0.25) is 0 Å². The quantitative estimate of drug-likeness (QED) is 0.785. The van der Waals surface area contributed by atoms with Crippen molar-refractivity contribution in [2.45, 2.75) is 38.2 Å². The van der Waals surface area contributed by atoms with Gasteiger partial charge in [0.15, 0.2) is 0 Å². The van der Waals surface area contributed by atoms with Crippen LogP contribution < -0.4 is 10.2 Å². The van der Waals surface area contributed by atoms with E-state index in [-0.39, 0.29) is 11.7 Å². The molecule has 1 heterocycles. The molecule has 1 fully saturated rings. The van der Waals surface area contributed by atoms with Gasteiger partial charge in [-0.25, -0.2) is 4.39 Å². The minimum absolute atomic E-state index is 0.132. The monoisotopic (exact) mass is 274 g/mol. The summed E-state index contributed by atoms with van der Waals surface area (Å²) in [5.41, 5.74) is 0.608. The summed E-state index contributed by atoms with van der Waals surface area (Å²) in [4.78, 5) is 1.65. The molecule has 0 radical (unpaired) electrons. The lowest BCUT2D eigenvalue weighted by molar-refractivity contribution is -0.137. The Morgan fingerprint density at radius 3 is 2.53 bits per heavy atom. The number of anilines is 2. The topological polar surface area (TPSA) is 15.3 Å². The number of nitrogens with one attached hydrogen (secondary N) is 1. The van der Waals surface area contributed by atoms with Crippen LogP contribution in [0.5, 0.6) is 0 Å². The number of benzene rings is 1. The average molecular weight is 274 g/mol. The molecule has 1 aliphatic carbocycles. The molecule has 1 aromatic rings. The standard InChI is InChI=1S/C13H14F4N2/c1-7-2-10(13(15,16)17)12-11(3-7)18-6-19(12)9-4-8(14)5-9/h2-3,8-9,18H,4-6H2,1H3. The van der Waals surface area contributed by atoms with Crippen LogP contribution in [0.4, 0.5) is 28.9 Å². The minimum Gasteiger partial charge on any atom is -0.366 e.